The van der Waals surface area contributed by atoms with Crippen LogP contribution in [0.5, 0.6) is 11.5 Å². The lowest BCUT2D eigenvalue weighted by molar-refractivity contribution is -0.112. The number of hydrogen-bond donors (Lipinski definition) is 1. The molecule has 0 aliphatic carbocycles. The van der Waals surface area contributed by atoms with Crippen molar-refractivity contribution in [3.8, 4) is 22.8 Å². The molecule has 2 saturated heterocycles. The predicted molar refractivity (Wildman–Crippen MR) is 226 cm³/mol. The van der Waals surface area contributed by atoms with Gasteiger partial charge >= 0.3 is 0 Å². The van der Waals surface area contributed by atoms with Crippen molar-refractivity contribution in [2.75, 3.05) is 70.4 Å². The average Bonchev–Trinajstić information content (AvgIpc) is 3.81. The Hall–Kier alpha value is -5.15. The van der Waals surface area contributed by atoms with Crippen molar-refractivity contribution in [1.29, 1.82) is 0 Å². The number of amides is 1. The Morgan fingerprint density at radius 3 is 2.28 bits per heavy atom. The number of nitrogen functional groups attached to an aromatic ring is 1. The molecule has 3 aromatic carbocycles. The SMILES string of the molecule is Nc1ncnc2c1c(-c1ccc(Oc3ccccc3)cc1)nn2C1CCN(CCN2CCN(CCCSc3ccc4c(c3)CN(C(C=O)CCC=O)C4=O)CC2)CC1. The number of aldehydes is 2. The van der Waals surface area contributed by atoms with Crippen molar-refractivity contribution in [3.63, 3.8) is 0 Å². The van der Waals surface area contributed by atoms with E-state index >= 15 is 0 Å². The van der Waals surface area contributed by atoms with Gasteiger partial charge in [-0.15, -0.1) is 11.8 Å². The van der Waals surface area contributed by atoms with Crippen molar-refractivity contribution in [1.82, 2.24) is 39.3 Å². The fourth-order valence-corrected chi connectivity index (χ4v) is 9.25. The number of aromatic nitrogens is 4. The summed E-state index contributed by atoms with van der Waals surface area (Å²) in [5.41, 5.74) is 10.6. The number of fused-ring (bicyclic) bond motifs is 2. The molecule has 58 heavy (non-hydrogen) atoms. The summed E-state index contributed by atoms with van der Waals surface area (Å²) >= 11 is 1.82. The molecule has 8 rings (SSSR count). The van der Waals surface area contributed by atoms with Gasteiger partial charge in [0.05, 0.1) is 17.5 Å². The lowest BCUT2D eigenvalue weighted by atomic mass is 10.1. The highest BCUT2D eigenvalue weighted by atomic mass is 32.2. The van der Waals surface area contributed by atoms with Gasteiger partial charge in [0.15, 0.2) is 5.65 Å². The molecule has 302 valence electrons. The first kappa shape index (κ1) is 39.7. The van der Waals surface area contributed by atoms with Crippen LogP contribution in [0.4, 0.5) is 5.82 Å². The Labute approximate surface area is 343 Å². The summed E-state index contributed by atoms with van der Waals surface area (Å²) in [6.45, 7) is 10.1. The van der Waals surface area contributed by atoms with E-state index in [-0.39, 0.29) is 18.4 Å². The van der Waals surface area contributed by atoms with E-state index in [1.807, 2.05) is 78.5 Å². The molecule has 5 aromatic rings. The second-order valence-electron chi connectivity index (χ2n) is 15.3. The number of benzene rings is 3. The summed E-state index contributed by atoms with van der Waals surface area (Å²) in [7, 11) is 0. The van der Waals surface area contributed by atoms with Crippen molar-refractivity contribution < 1.29 is 19.1 Å². The maximum Gasteiger partial charge on any atom is 0.255 e. The van der Waals surface area contributed by atoms with Gasteiger partial charge in [-0.05, 0) is 98.1 Å². The van der Waals surface area contributed by atoms with E-state index in [1.54, 1.807) is 4.90 Å². The molecule has 13 nitrogen and oxygen atoms in total. The van der Waals surface area contributed by atoms with Crippen molar-refractivity contribution >= 4 is 47.1 Å². The third-order valence-electron chi connectivity index (χ3n) is 11.7. The van der Waals surface area contributed by atoms with E-state index in [0.29, 0.717) is 24.3 Å². The second-order valence-corrected chi connectivity index (χ2v) is 16.5. The number of ether oxygens (including phenoxy) is 1. The molecule has 1 unspecified atom stereocenters. The summed E-state index contributed by atoms with van der Waals surface area (Å²) in [5.74, 6) is 2.88. The van der Waals surface area contributed by atoms with E-state index in [0.717, 1.165) is 141 Å². The maximum absolute atomic E-state index is 12.9. The van der Waals surface area contributed by atoms with Gasteiger partial charge < -0.3 is 34.8 Å². The molecule has 0 spiro atoms. The van der Waals surface area contributed by atoms with Gasteiger partial charge in [-0.1, -0.05) is 18.2 Å². The van der Waals surface area contributed by atoms with E-state index in [4.69, 9.17) is 15.6 Å². The Bertz CT molecular complexity index is 2180. The molecule has 2 fully saturated rings. The normalized spacial score (nSPS) is 17.4. The zero-order valence-corrected chi connectivity index (χ0v) is 33.6. The largest absolute Gasteiger partial charge is 0.457 e. The second kappa shape index (κ2) is 18.6. The Kier molecular flexibility index (Phi) is 12.7. The number of piperidine rings is 1. The predicted octanol–water partition coefficient (Wildman–Crippen LogP) is 5.81. The van der Waals surface area contributed by atoms with E-state index in [1.165, 1.54) is 6.33 Å². The zero-order valence-electron chi connectivity index (χ0n) is 32.8. The Morgan fingerprint density at radius 1 is 0.845 bits per heavy atom. The van der Waals surface area contributed by atoms with Crippen molar-refractivity contribution in [2.45, 2.75) is 55.6 Å². The van der Waals surface area contributed by atoms with Crippen LogP contribution in [0.2, 0.25) is 0 Å². The maximum atomic E-state index is 12.9. The minimum absolute atomic E-state index is 0.122. The molecule has 1 atom stereocenters. The molecule has 0 radical (unpaired) electrons. The molecule has 3 aliphatic heterocycles. The monoisotopic (exact) mass is 801 g/mol. The first-order chi connectivity index (χ1) is 28.5. The first-order valence-corrected chi connectivity index (χ1v) is 21.4. The number of hydrogen-bond acceptors (Lipinski definition) is 12. The number of carbonyl (C=O) groups excluding carboxylic acids is 3. The first-order valence-electron chi connectivity index (χ1n) is 20.4. The van der Waals surface area contributed by atoms with E-state index < -0.39 is 6.04 Å². The number of piperazine rings is 1. The molecular weight excluding hydrogens is 751 g/mol. The number of anilines is 1. The number of carbonyl (C=O) groups is 3. The van der Waals surface area contributed by atoms with Crippen LogP contribution in [0.3, 0.4) is 0 Å². The van der Waals surface area contributed by atoms with Gasteiger partial charge in [0, 0.05) is 81.3 Å². The summed E-state index contributed by atoms with van der Waals surface area (Å²) in [4.78, 5) is 54.8. The smallest absolute Gasteiger partial charge is 0.255 e. The van der Waals surface area contributed by atoms with E-state index in [2.05, 4.69) is 35.4 Å². The van der Waals surface area contributed by atoms with Crippen LogP contribution >= 0.6 is 11.8 Å². The van der Waals surface area contributed by atoms with Gasteiger partial charge in [0.25, 0.3) is 5.91 Å². The number of rotatable bonds is 17. The number of likely N-dealkylation sites (tertiary alicyclic amines) is 1. The van der Waals surface area contributed by atoms with Gasteiger partial charge in [-0.2, -0.15) is 5.10 Å². The van der Waals surface area contributed by atoms with Crippen LogP contribution in [0.15, 0.2) is 84.0 Å². The van der Waals surface area contributed by atoms with Gasteiger partial charge in [-0.25, -0.2) is 14.6 Å². The molecule has 0 saturated carbocycles. The average molecular weight is 802 g/mol. The summed E-state index contributed by atoms with van der Waals surface area (Å²) < 4.78 is 8.09. The molecule has 1 amide bonds. The number of para-hydroxylation sites is 1. The van der Waals surface area contributed by atoms with Gasteiger partial charge in [-0.3, -0.25) is 9.69 Å². The topological polar surface area (TPSA) is 143 Å². The van der Waals surface area contributed by atoms with Crippen LogP contribution in [0.1, 0.15) is 54.1 Å². The van der Waals surface area contributed by atoms with Crippen LogP contribution in [0.25, 0.3) is 22.3 Å². The third kappa shape index (κ3) is 9.10. The summed E-state index contributed by atoms with van der Waals surface area (Å²) in [5, 5.41) is 5.91. The fraction of sp³-hybridized carbons (Fsp3) is 0.409. The van der Waals surface area contributed by atoms with Crippen LogP contribution in [0, 0.1) is 0 Å². The molecule has 5 heterocycles. The zero-order chi connectivity index (χ0) is 39.8. The highest BCUT2D eigenvalue weighted by Crippen LogP contribution is 2.35. The quantitative estimate of drug-likeness (QED) is 0.0689. The molecule has 0 bridgehead atoms. The molecule has 14 heteroatoms. The summed E-state index contributed by atoms with van der Waals surface area (Å²) in [6.07, 6.45) is 6.85. The van der Waals surface area contributed by atoms with Crippen LogP contribution < -0.4 is 10.5 Å². The number of nitrogens with two attached hydrogens (primary N) is 1. The van der Waals surface area contributed by atoms with Crippen molar-refractivity contribution in [2.24, 2.45) is 0 Å². The number of thioether (sulfide) groups is 1. The highest BCUT2D eigenvalue weighted by Gasteiger charge is 2.33. The van der Waals surface area contributed by atoms with Crippen LogP contribution in [-0.2, 0) is 16.1 Å². The number of nitrogens with zero attached hydrogens (tertiary/aromatic N) is 8. The minimum atomic E-state index is -0.557. The van der Waals surface area contributed by atoms with Gasteiger partial charge in [0.2, 0.25) is 0 Å². The Morgan fingerprint density at radius 2 is 1.55 bits per heavy atom. The molecular formula is C44H51N9O4S. The lowest BCUT2D eigenvalue weighted by Crippen LogP contribution is -2.49. The third-order valence-corrected chi connectivity index (χ3v) is 12.7. The van der Waals surface area contributed by atoms with Gasteiger partial charge in [0.1, 0.15) is 41.9 Å². The molecule has 2 aromatic heterocycles. The van der Waals surface area contributed by atoms with E-state index in [9.17, 15) is 14.4 Å². The van der Waals surface area contributed by atoms with Crippen molar-refractivity contribution in [3.05, 3.63) is 90.3 Å². The lowest BCUT2D eigenvalue weighted by Gasteiger charge is -2.37. The minimum Gasteiger partial charge on any atom is -0.457 e. The highest BCUT2D eigenvalue weighted by molar-refractivity contribution is 7.99. The Balaban J connectivity index is 0.758. The summed E-state index contributed by atoms with van der Waals surface area (Å²) in [6, 6.07) is 23.4. The molecule has 3 aliphatic rings. The fourth-order valence-electron chi connectivity index (χ4n) is 8.36. The molecule has 2 N–H and O–H groups in total. The standard InChI is InChI=1S/C44H51N9O4S/c45-42-40-41(32-9-11-37(12-10-32)57-36-7-2-1-3-8-36)48-53(43(40)47-31-46-42)34-15-18-50(19-16-34)22-25-51-23-20-49(21-24-51)17-5-27-58-38-13-14-39-33(28-38)29-52(44(39)56)35(30-55)6-4-26-54/h1-3,7-14,26,28,30-31,34-35H,4-6,15-25,27,29H2,(H2,45,46,47). The van der Waals surface area contributed by atoms with Crippen LogP contribution in [-0.4, -0.2) is 129 Å².